The van der Waals surface area contributed by atoms with Crippen molar-refractivity contribution in [1.82, 2.24) is 15.1 Å². The average Bonchev–Trinajstić information content (AvgIpc) is 2.73. The van der Waals surface area contributed by atoms with Crippen LogP contribution in [0.25, 0.3) is 0 Å². The predicted molar refractivity (Wildman–Crippen MR) is 77.9 cm³/mol. The highest BCUT2D eigenvalue weighted by molar-refractivity contribution is 6.07. The third kappa shape index (κ3) is 2.66. The topological polar surface area (TPSA) is 61.9 Å². The molecule has 0 aromatic rings. The van der Waals surface area contributed by atoms with Crippen LogP contribution in [0.4, 0.5) is 4.79 Å². The van der Waals surface area contributed by atoms with E-state index in [4.69, 9.17) is 4.74 Å². The van der Waals surface area contributed by atoms with Crippen LogP contribution in [-0.2, 0) is 9.53 Å². The van der Waals surface area contributed by atoms with Crippen molar-refractivity contribution in [2.45, 2.75) is 38.1 Å². The van der Waals surface area contributed by atoms with Crippen LogP contribution in [0.3, 0.4) is 0 Å². The van der Waals surface area contributed by atoms with Crippen LogP contribution in [0.5, 0.6) is 0 Å². The van der Waals surface area contributed by atoms with Gasteiger partial charge in [0.1, 0.15) is 5.54 Å². The fraction of sp³-hybridized carbons (Fsp3) is 0.867. The van der Waals surface area contributed by atoms with Crippen molar-refractivity contribution in [3.05, 3.63) is 0 Å². The van der Waals surface area contributed by atoms with Gasteiger partial charge in [-0.15, -0.1) is 0 Å². The molecule has 3 heterocycles. The lowest BCUT2D eigenvalue weighted by Crippen LogP contribution is -2.56. The first-order valence-electron chi connectivity index (χ1n) is 8.09. The molecule has 0 atom stereocenters. The van der Waals surface area contributed by atoms with E-state index in [9.17, 15) is 9.59 Å². The maximum Gasteiger partial charge on any atom is 0.325 e. The summed E-state index contributed by atoms with van der Waals surface area (Å²) in [7, 11) is 0. The highest BCUT2D eigenvalue weighted by Gasteiger charge is 2.53. The molecule has 1 N–H and O–H groups in total. The molecular weight excluding hydrogens is 270 g/mol. The van der Waals surface area contributed by atoms with Gasteiger partial charge in [0.05, 0.1) is 0 Å². The Bertz CT molecular complexity index is 412. The van der Waals surface area contributed by atoms with Gasteiger partial charge in [0.2, 0.25) is 0 Å². The molecule has 0 radical (unpaired) electrons. The number of piperidine rings is 1. The van der Waals surface area contributed by atoms with E-state index < -0.39 is 5.54 Å². The summed E-state index contributed by atoms with van der Waals surface area (Å²) in [6.45, 7) is 7.18. The van der Waals surface area contributed by atoms with E-state index in [1.807, 2.05) is 6.92 Å². The molecule has 118 valence electrons. The smallest absolute Gasteiger partial charge is 0.325 e. The number of likely N-dealkylation sites (tertiary alicyclic amines) is 1. The number of nitrogens with one attached hydrogen (secondary N) is 1. The van der Waals surface area contributed by atoms with Crippen LogP contribution in [0.2, 0.25) is 0 Å². The van der Waals surface area contributed by atoms with E-state index in [0.29, 0.717) is 12.5 Å². The molecule has 0 bridgehead atoms. The first-order chi connectivity index (χ1) is 10.2. The Kier molecular flexibility index (Phi) is 4.17. The first kappa shape index (κ1) is 14.8. The van der Waals surface area contributed by atoms with Gasteiger partial charge in [0.25, 0.3) is 5.91 Å². The lowest BCUT2D eigenvalue weighted by Gasteiger charge is -2.43. The average molecular weight is 295 g/mol. The zero-order valence-corrected chi connectivity index (χ0v) is 12.8. The van der Waals surface area contributed by atoms with Gasteiger partial charge in [-0.3, -0.25) is 10.1 Å². The number of carbonyl (C=O) groups is 2. The third-order valence-corrected chi connectivity index (χ3v) is 5.26. The maximum atomic E-state index is 12.2. The van der Waals surface area contributed by atoms with Crippen LogP contribution in [0.15, 0.2) is 0 Å². The number of amides is 3. The Morgan fingerprint density at radius 3 is 2.52 bits per heavy atom. The van der Waals surface area contributed by atoms with Crippen LogP contribution < -0.4 is 5.32 Å². The normalized spacial score (nSPS) is 27.4. The molecule has 21 heavy (non-hydrogen) atoms. The van der Waals surface area contributed by atoms with Gasteiger partial charge in [0.15, 0.2) is 0 Å². The second-order valence-electron chi connectivity index (χ2n) is 6.39. The number of hydrogen-bond acceptors (Lipinski definition) is 4. The van der Waals surface area contributed by atoms with Gasteiger partial charge in [-0.25, -0.2) is 4.79 Å². The van der Waals surface area contributed by atoms with Crippen LogP contribution in [-0.4, -0.2) is 66.7 Å². The third-order valence-electron chi connectivity index (χ3n) is 5.26. The minimum Gasteiger partial charge on any atom is -0.381 e. The molecule has 3 saturated heterocycles. The summed E-state index contributed by atoms with van der Waals surface area (Å²) in [5, 5.41) is 2.49. The predicted octanol–water partition coefficient (Wildman–Crippen LogP) is 0.819. The van der Waals surface area contributed by atoms with E-state index in [2.05, 4.69) is 10.2 Å². The molecule has 3 aliphatic rings. The number of urea groups is 1. The summed E-state index contributed by atoms with van der Waals surface area (Å²) in [5.41, 5.74) is -0.585. The second kappa shape index (κ2) is 5.93. The summed E-state index contributed by atoms with van der Waals surface area (Å²) in [5.74, 6) is 0.620. The van der Waals surface area contributed by atoms with E-state index >= 15 is 0 Å². The molecule has 0 aromatic heterocycles. The van der Waals surface area contributed by atoms with Crippen LogP contribution in [0.1, 0.15) is 32.6 Å². The van der Waals surface area contributed by atoms with E-state index in [1.165, 1.54) is 0 Å². The summed E-state index contributed by atoms with van der Waals surface area (Å²) in [6.07, 6.45) is 3.78. The quantitative estimate of drug-likeness (QED) is 0.783. The van der Waals surface area contributed by atoms with Crippen molar-refractivity contribution in [2.75, 3.05) is 39.4 Å². The molecule has 3 rings (SSSR count). The largest absolute Gasteiger partial charge is 0.381 e. The Hall–Kier alpha value is -1.14. The van der Waals surface area contributed by atoms with E-state index in [0.717, 1.165) is 58.5 Å². The van der Waals surface area contributed by atoms with Gasteiger partial charge >= 0.3 is 6.03 Å². The Morgan fingerprint density at radius 1 is 1.24 bits per heavy atom. The standard InChI is InChI=1S/C15H25N3O3/c1-2-18-14(20)16-13(19)15(18)5-7-17(8-6-15)11-12-3-9-21-10-4-12/h12H,2-11H2,1H3,(H,16,19,20). The molecule has 0 saturated carbocycles. The molecule has 6 heteroatoms. The number of likely N-dealkylation sites (N-methyl/N-ethyl adjacent to an activating group) is 1. The van der Waals surface area contributed by atoms with Crippen molar-refractivity contribution in [1.29, 1.82) is 0 Å². The molecule has 3 fully saturated rings. The highest BCUT2D eigenvalue weighted by Crippen LogP contribution is 2.33. The van der Waals surface area contributed by atoms with Gasteiger partial charge < -0.3 is 14.5 Å². The number of carbonyl (C=O) groups excluding carboxylic acids is 2. The highest BCUT2D eigenvalue weighted by atomic mass is 16.5. The zero-order chi connectivity index (χ0) is 14.9. The number of ether oxygens (including phenoxy) is 1. The lowest BCUT2D eigenvalue weighted by molar-refractivity contribution is -0.129. The van der Waals surface area contributed by atoms with Crippen molar-refractivity contribution in [3.8, 4) is 0 Å². The van der Waals surface area contributed by atoms with Crippen molar-refractivity contribution >= 4 is 11.9 Å². The number of hydrogen-bond donors (Lipinski definition) is 1. The summed E-state index contributed by atoms with van der Waals surface area (Å²) < 4.78 is 5.40. The summed E-state index contributed by atoms with van der Waals surface area (Å²) in [4.78, 5) is 28.2. The molecule has 3 amide bonds. The van der Waals surface area contributed by atoms with Crippen molar-refractivity contribution in [3.63, 3.8) is 0 Å². The van der Waals surface area contributed by atoms with Crippen molar-refractivity contribution < 1.29 is 14.3 Å². The molecule has 6 nitrogen and oxygen atoms in total. The zero-order valence-electron chi connectivity index (χ0n) is 12.8. The molecule has 0 aromatic carbocycles. The maximum absolute atomic E-state index is 12.2. The summed E-state index contributed by atoms with van der Waals surface area (Å²) >= 11 is 0. The Labute approximate surface area is 125 Å². The van der Waals surface area contributed by atoms with Crippen molar-refractivity contribution in [2.24, 2.45) is 5.92 Å². The number of rotatable bonds is 3. The minimum absolute atomic E-state index is 0.0972. The molecule has 3 aliphatic heterocycles. The fourth-order valence-corrected chi connectivity index (χ4v) is 3.94. The Balaban J connectivity index is 1.59. The van der Waals surface area contributed by atoms with Gasteiger partial charge in [-0.2, -0.15) is 0 Å². The number of nitrogens with zero attached hydrogens (tertiary/aromatic N) is 2. The minimum atomic E-state index is -0.585. The van der Waals surface area contributed by atoms with Gasteiger partial charge in [0, 0.05) is 39.4 Å². The fourth-order valence-electron chi connectivity index (χ4n) is 3.94. The van der Waals surface area contributed by atoms with Gasteiger partial charge in [-0.1, -0.05) is 0 Å². The van der Waals surface area contributed by atoms with Crippen LogP contribution >= 0.6 is 0 Å². The van der Waals surface area contributed by atoms with Gasteiger partial charge in [-0.05, 0) is 38.5 Å². The first-order valence-corrected chi connectivity index (χ1v) is 8.09. The lowest BCUT2D eigenvalue weighted by atomic mass is 9.85. The van der Waals surface area contributed by atoms with E-state index in [-0.39, 0.29) is 11.9 Å². The summed E-state index contributed by atoms with van der Waals surface area (Å²) in [6, 6.07) is -0.222. The second-order valence-corrected chi connectivity index (χ2v) is 6.39. The molecule has 0 unspecified atom stereocenters. The van der Waals surface area contributed by atoms with Crippen LogP contribution in [0, 0.1) is 5.92 Å². The monoisotopic (exact) mass is 295 g/mol. The number of imide groups is 1. The Morgan fingerprint density at radius 2 is 1.90 bits per heavy atom. The molecular formula is C15H25N3O3. The SMILES string of the molecule is CCN1C(=O)NC(=O)C12CCN(CC1CCOCC1)CC2. The molecule has 0 aliphatic carbocycles. The molecule has 1 spiro atoms. The van der Waals surface area contributed by atoms with E-state index in [1.54, 1.807) is 4.90 Å².